The van der Waals surface area contributed by atoms with E-state index >= 15 is 0 Å². The molecule has 1 saturated heterocycles. The molecule has 3 nitrogen and oxygen atoms in total. The zero-order valence-electron chi connectivity index (χ0n) is 9.66. The van der Waals surface area contributed by atoms with E-state index in [0.29, 0.717) is 18.1 Å². The molecular weight excluding hydrogens is 190 g/mol. The van der Waals surface area contributed by atoms with Gasteiger partial charge in [0.25, 0.3) is 0 Å². The maximum absolute atomic E-state index is 5.66. The Balaban J connectivity index is 1.99. The Morgan fingerprint density at radius 1 is 1.60 bits per heavy atom. The van der Waals surface area contributed by atoms with Gasteiger partial charge in [0.2, 0.25) is 0 Å². The molecule has 0 aromatic heterocycles. The fraction of sp³-hybridized carbons (Fsp3) is 0.833. The first kappa shape index (κ1) is 11.0. The van der Waals surface area contributed by atoms with Crippen LogP contribution in [-0.4, -0.2) is 31.9 Å². The number of hydrogen-bond acceptors (Lipinski definition) is 3. The molecule has 15 heavy (non-hydrogen) atoms. The summed E-state index contributed by atoms with van der Waals surface area (Å²) in [6, 6.07) is 0.363. The van der Waals surface area contributed by atoms with Crippen molar-refractivity contribution in [3.63, 3.8) is 0 Å². The normalized spacial score (nSPS) is 32.5. The number of rotatable bonds is 4. The fourth-order valence-electron chi connectivity index (χ4n) is 2.46. The molecule has 1 N–H and O–H groups in total. The zero-order valence-corrected chi connectivity index (χ0v) is 9.66. The minimum absolute atomic E-state index is 0.363. The fourth-order valence-corrected chi connectivity index (χ4v) is 2.46. The van der Waals surface area contributed by atoms with Gasteiger partial charge < -0.3 is 14.8 Å². The lowest BCUT2D eigenvalue weighted by Gasteiger charge is -2.24. The highest BCUT2D eigenvalue weighted by Gasteiger charge is 2.32. The van der Waals surface area contributed by atoms with E-state index in [4.69, 9.17) is 9.47 Å². The lowest BCUT2D eigenvalue weighted by Crippen LogP contribution is -2.38. The van der Waals surface area contributed by atoms with Crippen LogP contribution in [0.4, 0.5) is 0 Å². The molecule has 3 atom stereocenters. The van der Waals surface area contributed by atoms with Crippen LogP contribution in [0.5, 0.6) is 0 Å². The summed E-state index contributed by atoms with van der Waals surface area (Å²) < 4.78 is 11.3. The van der Waals surface area contributed by atoms with Crippen LogP contribution in [0, 0.1) is 5.92 Å². The molecule has 0 saturated carbocycles. The topological polar surface area (TPSA) is 30.5 Å². The molecule has 0 spiro atoms. The molecule has 3 unspecified atom stereocenters. The minimum Gasteiger partial charge on any atom is -0.496 e. The molecule has 2 heterocycles. The van der Waals surface area contributed by atoms with E-state index in [-0.39, 0.29) is 0 Å². The molecule has 86 valence electrons. The van der Waals surface area contributed by atoms with Crippen molar-refractivity contribution in [2.24, 2.45) is 5.92 Å². The number of hydrogen-bond donors (Lipinski definition) is 1. The Kier molecular flexibility index (Phi) is 3.65. The molecule has 2 rings (SSSR count). The molecule has 2 aliphatic heterocycles. The summed E-state index contributed by atoms with van der Waals surface area (Å²) in [7, 11) is 0. The van der Waals surface area contributed by atoms with Crippen molar-refractivity contribution in [2.75, 3.05) is 19.8 Å². The van der Waals surface area contributed by atoms with Gasteiger partial charge in [-0.3, -0.25) is 0 Å². The third kappa shape index (κ3) is 2.52. The first-order valence-corrected chi connectivity index (χ1v) is 5.99. The SMILES string of the molecule is CCNC(C1=CCCO1)C1COC(C)C1. The van der Waals surface area contributed by atoms with Crippen molar-refractivity contribution < 1.29 is 9.47 Å². The van der Waals surface area contributed by atoms with Crippen LogP contribution in [0.2, 0.25) is 0 Å². The second-order valence-electron chi connectivity index (χ2n) is 4.42. The van der Waals surface area contributed by atoms with Crippen LogP contribution in [0.15, 0.2) is 11.8 Å². The second-order valence-corrected chi connectivity index (χ2v) is 4.42. The van der Waals surface area contributed by atoms with Gasteiger partial charge in [-0.25, -0.2) is 0 Å². The molecule has 0 aromatic carbocycles. The zero-order chi connectivity index (χ0) is 10.7. The highest BCUT2D eigenvalue weighted by molar-refractivity contribution is 5.10. The lowest BCUT2D eigenvalue weighted by atomic mass is 9.95. The molecule has 2 aliphatic rings. The summed E-state index contributed by atoms with van der Waals surface area (Å²) in [6.07, 6.45) is 4.81. The third-order valence-electron chi connectivity index (χ3n) is 3.16. The van der Waals surface area contributed by atoms with E-state index in [1.165, 1.54) is 0 Å². The summed E-state index contributed by atoms with van der Waals surface area (Å²) in [5.41, 5.74) is 0. The molecule has 0 aromatic rings. The summed E-state index contributed by atoms with van der Waals surface area (Å²) in [6.45, 7) is 6.98. The van der Waals surface area contributed by atoms with E-state index in [2.05, 4.69) is 25.2 Å². The first-order valence-electron chi connectivity index (χ1n) is 5.99. The van der Waals surface area contributed by atoms with Gasteiger partial charge in [-0.05, 0) is 26.0 Å². The molecule has 0 bridgehead atoms. The van der Waals surface area contributed by atoms with Gasteiger partial charge >= 0.3 is 0 Å². The quantitative estimate of drug-likeness (QED) is 0.767. The summed E-state index contributed by atoms with van der Waals surface area (Å²) >= 11 is 0. The smallest absolute Gasteiger partial charge is 0.109 e. The molecular formula is C12H21NO2. The van der Waals surface area contributed by atoms with Crippen molar-refractivity contribution >= 4 is 0 Å². The molecule has 0 amide bonds. The Hall–Kier alpha value is -0.540. The van der Waals surface area contributed by atoms with Crippen LogP contribution in [-0.2, 0) is 9.47 Å². The Morgan fingerprint density at radius 2 is 2.47 bits per heavy atom. The van der Waals surface area contributed by atoms with Crippen LogP contribution in [0.1, 0.15) is 26.7 Å². The first-order chi connectivity index (χ1) is 7.31. The number of nitrogens with one attached hydrogen (secondary N) is 1. The van der Waals surface area contributed by atoms with Crippen LogP contribution < -0.4 is 5.32 Å². The standard InChI is InChI=1S/C12H21NO2/c1-3-13-12(11-5-4-6-14-11)10-7-9(2)15-8-10/h5,9-10,12-13H,3-4,6-8H2,1-2H3. The van der Waals surface area contributed by atoms with Gasteiger partial charge in [0.05, 0.1) is 25.4 Å². The Bertz CT molecular complexity index is 240. The third-order valence-corrected chi connectivity index (χ3v) is 3.16. The average Bonchev–Trinajstić information content (AvgIpc) is 2.85. The second kappa shape index (κ2) is 4.99. The predicted molar refractivity (Wildman–Crippen MR) is 59.6 cm³/mol. The van der Waals surface area contributed by atoms with Crippen molar-refractivity contribution in [1.29, 1.82) is 0 Å². The monoisotopic (exact) mass is 211 g/mol. The largest absolute Gasteiger partial charge is 0.496 e. The van der Waals surface area contributed by atoms with Gasteiger partial charge in [0.1, 0.15) is 5.76 Å². The molecule has 0 aliphatic carbocycles. The highest BCUT2D eigenvalue weighted by atomic mass is 16.5. The van der Waals surface area contributed by atoms with E-state index < -0.39 is 0 Å². The van der Waals surface area contributed by atoms with Crippen molar-refractivity contribution in [1.82, 2.24) is 5.32 Å². The van der Waals surface area contributed by atoms with Crippen LogP contribution >= 0.6 is 0 Å². The summed E-state index contributed by atoms with van der Waals surface area (Å²) in [4.78, 5) is 0. The van der Waals surface area contributed by atoms with Crippen LogP contribution in [0.3, 0.4) is 0 Å². The van der Waals surface area contributed by atoms with E-state index in [1.807, 2.05) is 0 Å². The number of ether oxygens (including phenoxy) is 2. The van der Waals surface area contributed by atoms with E-state index in [9.17, 15) is 0 Å². The van der Waals surface area contributed by atoms with Crippen molar-refractivity contribution in [3.05, 3.63) is 11.8 Å². The van der Waals surface area contributed by atoms with E-state index in [0.717, 1.165) is 38.4 Å². The maximum Gasteiger partial charge on any atom is 0.109 e. The predicted octanol–water partition coefficient (Wildman–Crippen LogP) is 1.69. The van der Waals surface area contributed by atoms with Crippen LogP contribution in [0.25, 0.3) is 0 Å². The van der Waals surface area contributed by atoms with Gasteiger partial charge in [0.15, 0.2) is 0 Å². The maximum atomic E-state index is 5.66. The Labute approximate surface area is 91.8 Å². The average molecular weight is 211 g/mol. The van der Waals surface area contributed by atoms with Gasteiger partial charge in [-0.1, -0.05) is 6.92 Å². The number of likely N-dealkylation sites (N-methyl/N-ethyl adjacent to an activating group) is 1. The van der Waals surface area contributed by atoms with Gasteiger partial charge in [-0.2, -0.15) is 0 Å². The van der Waals surface area contributed by atoms with Gasteiger partial charge in [-0.15, -0.1) is 0 Å². The summed E-state index contributed by atoms with van der Waals surface area (Å²) in [5, 5.41) is 3.51. The molecule has 0 radical (unpaired) electrons. The minimum atomic E-state index is 0.363. The van der Waals surface area contributed by atoms with Crippen molar-refractivity contribution in [3.8, 4) is 0 Å². The lowest BCUT2D eigenvalue weighted by molar-refractivity contribution is 0.114. The van der Waals surface area contributed by atoms with Gasteiger partial charge in [0, 0.05) is 12.3 Å². The summed E-state index contributed by atoms with van der Waals surface area (Å²) in [5.74, 6) is 1.71. The van der Waals surface area contributed by atoms with Crippen molar-refractivity contribution in [2.45, 2.75) is 38.8 Å². The van der Waals surface area contributed by atoms with E-state index in [1.54, 1.807) is 0 Å². The molecule has 3 heteroatoms. The molecule has 1 fully saturated rings. The Morgan fingerprint density at radius 3 is 3.00 bits per heavy atom. The highest BCUT2D eigenvalue weighted by Crippen LogP contribution is 2.28.